The SMILES string of the molecule is Cc1ccc(-c2c(C)c3c(c(C)c2[C@H](OC(C)(C)C)C(=O)O)CN(Cc2ccc(F)cc2F)C3)cc1. The Balaban J connectivity index is 1.85. The predicted octanol–water partition coefficient (Wildman–Crippen LogP) is 7.01. The molecule has 0 fully saturated rings. The molecule has 6 heteroatoms. The van der Waals surface area contributed by atoms with Crippen molar-refractivity contribution in [1.82, 2.24) is 4.90 Å². The summed E-state index contributed by atoms with van der Waals surface area (Å²) in [5, 5.41) is 10.3. The molecular formula is C30H33F2NO3. The first-order valence-electron chi connectivity index (χ1n) is 12.1. The lowest BCUT2D eigenvalue weighted by Gasteiger charge is -2.30. The second-order valence-electron chi connectivity index (χ2n) is 10.7. The fraction of sp³-hybridized carbons (Fsp3) is 0.367. The second-order valence-corrected chi connectivity index (χ2v) is 10.7. The number of carbonyl (C=O) groups is 1. The Morgan fingerprint density at radius 3 is 2.17 bits per heavy atom. The number of benzene rings is 3. The molecule has 3 aromatic rings. The predicted molar refractivity (Wildman–Crippen MR) is 137 cm³/mol. The Morgan fingerprint density at radius 1 is 1.00 bits per heavy atom. The molecule has 190 valence electrons. The molecule has 0 saturated heterocycles. The summed E-state index contributed by atoms with van der Waals surface area (Å²) in [5.41, 5.74) is 7.39. The Bertz CT molecular complexity index is 1310. The molecule has 3 aromatic carbocycles. The first-order valence-corrected chi connectivity index (χ1v) is 12.1. The van der Waals surface area contributed by atoms with E-state index in [-0.39, 0.29) is 0 Å². The Hall–Kier alpha value is -3.09. The van der Waals surface area contributed by atoms with Crippen molar-refractivity contribution in [2.24, 2.45) is 0 Å². The number of ether oxygens (including phenoxy) is 1. The monoisotopic (exact) mass is 493 g/mol. The van der Waals surface area contributed by atoms with Gasteiger partial charge in [0.25, 0.3) is 0 Å². The molecule has 4 nitrogen and oxygen atoms in total. The molecule has 1 N–H and O–H groups in total. The minimum absolute atomic E-state index is 0.329. The fourth-order valence-electron chi connectivity index (χ4n) is 5.10. The van der Waals surface area contributed by atoms with Crippen molar-refractivity contribution in [3.63, 3.8) is 0 Å². The zero-order valence-electron chi connectivity index (χ0n) is 21.7. The van der Waals surface area contributed by atoms with E-state index in [0.29, 0.717) is 30.8 Å². The largest absolute Gasteiger partial charge is 0.479 e. The summed E-state index contributed by atoms with van der Waals surface area (Å²) in [4.78, 5) is 14.6. The molecule has 0 radical (unpaired) electrons. The van der Waals surface area contributed by atoms with Gasteiger partial charge in [0.1, 0.15) is 11.6 Å². The van der Waals surface area contributed by atoms with E-state index in [2.05, 4.69) is 4.90 Å². The summed E-state index contributed by atoms with van der Waals surface area (Å²) < 4.78 is 33.9. The van der Waals surface area contributed by atoms with Gasteiger partial charge in [-0.1, -0.05) is 35.9 Å². The molecule has 0 bridgehead atoms. The van der Waals surface area contributed by atoms with Crippen LogP contribution in [0, 0.1) is 32.4 Å². The van der Waals surface area contributed by atoms with Crippen LogP contribution in [0.4, 0.5) is 8.78 Å². The molecule has 0 unspecified atom stereocenters. The van der Waals surface area contributed by atoms with Crippen molar-refractivity contribution in [2.75, 3.05) is 0 Å². The minimum atomic E-state index is -1.14. The van der Waals surface area contributed by atoms with Crippen molar-refractivity contribution in [3.8, 4) is 11.1 Å². The maximum absolute atomic E-state index is 14.4. The van der Waals surface area contributed by atoms with Gasteiger partial charge in [0.2, 0.25) is 0 Å². The smallest absolute Gasteiger partial charge is 0.337 e. The maximum Gasteiger partial charge on any atom is 0.337 e. The molecule has 0 saturated carbocycles. The number of rotatable bonds is 6. The number of hydrogen-bond acceptors (Lipinski definition) is 3. The highest BCUT2D eigenvalue weighted by atomic mass is 19.1. The van der Waals surface area contributed by atoms with E-state index in [1.54, 1.807) is 0 Å². The molecule has 0 aromatic heterocycles. The van der Waals surface area contributed by atoms with Crippen LogP contribution in [-0.2, 0) is 29.2 Å². The summed E-state index contributed by atoms with van der Waals surface area (Å²) in [6.45, 7) is 13.0. The van der Waals surface area contributed by atoms with Gasteiger partial charge in [-0.05, 0) is 81.0 Å². The lowest BCUT2D eigenvalue weighted by molar-refractivity contribution is -0.160. The van der Waals surface area contributed by atoms with Gasteiger partial charge in [0.05, 0.1) is 5.60 Å². The van der Waals surface area contributed by atoms with Crippen LogP contribution in [0.2, 0.25) is 0 Å². The van der Waals surface area contributed by atoms with Crippen LogP contribution in [0.5, 0.6) is 0 Å². The van der Waals surface area contributed by atoms with Crippen LogP contribution in [0.1, 0.15) is 65.8 Å². The molecule has 1 heterocycles. The van der Waals surface area contributed by atoms with Gasteiger partial charge >= 0.3 is 5.97 Å². The van der Waals surface area contributed by atoms with E-state index >= 15 is 0 Å². The molecule has 1 atom stereocenters. The molecular weight excluding hydrogens is 460 g/mol. The summed E-state index contributed by atoms with van der Waals surface area (Å²) in [6, 6.07) is 11.7. The number of aryl methyl sites for hydroxylation is 1. The third kappa shape index (κ3) is 5.20. The zero-order valence-corrected chi connectivity index (χ0v) is 21.7. The maximum atomic E-state index is 14.4. The summed E-state index contributed by atoms with van der Waals surface area (Å²) in [5.74, 6) is -2.20. The molecule has 4 rings (SSSR count). The summed E-state index contributed by atoms with van der Waals surface area (Å²) in [6.07, 6.45) is -1.14. The van der Waals surface area contributed by atoms with E-state index in [1.807, 2.05) is 65.8 Å². The van der Waals surface area contributed by atoms with E-state index in [0.717, 1.165) is 45.0 Å². The van der Waals surface area contributed by atoms with Crippen LogP contribution in [-0.4, -0.2) is 21.6 Å². The third-order valence-corrected chi connectivity index (χ3v) is 6.79. The lowest BCUT2D eigenvalue weighted by atomic mass is 9.83. The molecule has 1 aliphatic heterocycles. The molecule has 0 aliphatic carbocycles. The van der Waals surface area contributed by atoms with Crippen molar-refractivity contribution in [1.29, 1.82) is 0 Å². The lowest BCUT2D eigenvalue weighted by Crippen LogP contribution is -2.28. The van der Waals surface area contributed by atoms with Gasteiger partial charge in [-0.15, -0.1) is 0 Å². The van der Waals surface area contributed by atoms with Crippen molar-refractivity contribution in [3.05, 3.63) is 93.0 Å². The topological polar surface area (TPSA) is 49.8 Å². The average molecular weight is 494 g/mol. The van der Waals surface area contributed by atoms with Crippen LogP contribution >= 0.6 is 0 Å². The van der Waals surface area contributed by atoms with Crippen molar-refractivity contribution in [2.45, 2.75) is 72.9 Å². The van der Waals surface area contributed by atoms with Crippen LogP contribution in [0.15, 0.2) is 42.5 Å². The molecule has 0 amide bonds. The summed E-state index contributed by atoms with van der Waals surface area (Å²) in [7, 11) is 0. The Labute approximate surface area is 211 Å². The Kier molecular flexibility index (Phi) is 7.04. The van der Waals surface area contributed by atoms with Crippen molar-refractivity contribution >= 4 is 5.97 Å². The van der Waals surface area contributed by atoms with Crippen LogP contribution < -0.4 is 0 Å². The van der Waals surface area contributed by atoms with E-state index < -0.39 is 29.3 Å². The highest BCUT2D eigenvalue weighted by molar-refractivity contribution is 5.84. The number of nitrogens with zero attached hydrogens (tertiary/aromatic N) is 1. The standard InChI is InChI=1S/C30H33F2NO3/c1-17-7-9-20(10-8-17)26-18(2)23-15-33(14-21-11-12-22(31)13-25(21)32)16-24(23)19(3)27(26)28(29(34)35)36-30(4,5)6/h7-13,28H,14-16H2,1-6H3,(H,34,35)/t28-/m0/s1. The minimum Gasteiger partial charge on any atom is -0.479 e. The zero-order chi connectivity index (χ0) is 26.4. The Morgan fingerprint density at radius 2 is 1.61 bits per heavy atom. The van der Waals surface area contributed by atoms with Gasteiger partial charge in [-0.3, -0.25) is 4.90 Å². The van der Waals surface area contributed by atoms with Crippen LogP contribution in [0.3, 0.4) is 0 Å². The van der Waals surface area contributed by atoms with Gasteiger partial charge in [0.15, 0.2) is 6.10 Å². The first kappa shape index (κ1) is 26.0. The number of fused-ring (bicyclic) bond motifs is 1. The van der Waals surface area contributed by atoms with Gasteiger partial charge in [0, 0.05) is 36.8 Å². The number of halogens is 2. The van der Waals surface area contributed by atoms with Crippen LogP contribution in [0.25, 0.3) is 11.1 Å². The molecule has 0 spiro atoms. The molecule has 36 heavy (non-hydrogen) atoms. The number of carboxylic acid groups (broad SMARTS) is 1. The molecule has 1 aliphatic rings. The summed E-state index contributed by atoms with van der Waals surface area (Å²) >= 11 is 0. The average Bonchev–Trinajstić information content (AvgIpc) is 3.21. The van der Waals surface area contributed by atoms with Crippen molar-refractivity contribution < 1.29 is 23.4 Å². The first-order chi connectivity index (χ1) is 16.9. The van der Waals surface area contributed by atoms with E-state index in [1.165, 1.54) is 12.1 Å². The van der Waals surface area contributed by atoms with E-state index in [9.17, 15) is 18.7 Å². The van der Waals surface area contributed by atoms with Gasteiger partial charge in [-0.2, -0.15) is 0 Å². The third-order valence-electron chi connectivity index (χ3n) is 6.79. The number of aliphatic carboxylic acids is 1. The number of carboxylic acids is 1. The van der Waals surface area contributed by atoms with Gasteiger partial charge < -0.3 is 9.84 Å². The van der Waals surface area contributed by atoms with E-state index in [4.69, 9.17) is 4.74 Å². The highest BCUT2D eigenvalue weighted by Crippen LogP contribution is 2.44. The second kappa shape index (κ2) is 9.75. The quantitative estimate of drug-likeness (QED) is 0.401. The van der Waals surface area contributed by atoms with Gasteiger partial charge in [-0.25, -0.2) is 13.6 Å². The highest BCUT2D eigenvalue weighted by Gasteiger charge is 2.35. The number of hydrogen-bond donors (Lipinski definition) is 1. The normalized spacial score (nSPS) is 14.7. The fourth-order valence-corrected chi connectivity index (χ4v) is 5.10.